The second kappa shape index (κ2) is 6.81. The molecule has 0 radical (unpaired) electrons. The lowest BCUT2D eigenvalue weighted by molar-refractivity contribution is 0.0600. The molecule has 2 aromatic rings. The number of esters is 1. The third-order valence-corrected chi connectivity index (χ3v) is 4.84. The topological polar surface area (TPSA) is 48.3 Å². The van der Waals surface area contributed by atoms with Crippen LogP contribution in [0.3, 0.4) is 0 Å². The van der Waals surface area contributed by atoms with Crippen LogP contribution in [0.2, 0.25) is 5.02 Å². The molecule has 0 saturated heterocycles. The fourth-order valence-corrected chi connectivity index (χ4v) is 3.20. The molecule has 126 valence electrons. The van der Waals surface area contributed by atoms with E-state index >= 15 is 0 Å². The summed E-state index contributed by atoms with van der Waals surface area (Å²) < 4.78 is 6.46. The molecule has 1 saturated carbocycles. The molecule has 1 aliphatic carbocycles. The monoisotopic (exact) mass is 345 g/mol. The summed E-state index contributed by atoms with van der Waals surface area (Å²) in [5.74, 6) is 0.200. The zero-order valence-electron chi connectivity index (χ0n) is 13.8. The molecule has 0 amide bonds. The number of ether oxygens (including phenoxy) is 1. The average Bonchev–Trinajstić information content (AvgIpc) is 3.43. The molecule has 0 N–H and O–H groups in total. The first-order valence-corrected chi connectivity index (χ1v) is 8.46. The first-order chi connectivity index (χ1) is 11.5. The summed E-state index contributed by atoms with van der Waals surface area (Å²) in [6.45, 7) is 2.56. The van der Waals surface area contributed by atoms with E-state index in [0.717, 1.165) is 11.3 Å². The molecule has 1 heterocycles. The van der Waals surface area contributed by atoms with Crippen molar-refractivity contribution in [3.05, 3.63) is 68.1 Å². The van der Waals surface area contributed by atoms with Crippen LogP contribution in [0.1, 0.15) is 45.9 Å². The molecule has 0 atom stereocenters. The Morgan fingerprint density at radius 3 is 2.54 bits per heavy atom. The van der Waals surface area contributed by atoms with E-state index in [9.17, 15) is 9.59 Å². The largest absolute Gasteiger partial charge is 0.465 e. The summed E-state index contributed by atoms with van der Waals surface area (Å²) >= 11 is 6.13. The predicted molar refractivity (Wildman–Crippen MR) is 93.9 cm³/mol. The van der Waals surface area contributed by atoms with Gasteiger partial charge in [0.15, 0.2) is 0 Å². The maximum absolute atomic E-state index is 12.4. The van der Waals surface area contributed by atoms with Crippen molar-refractivity contribution in [3.63, 3.8) is 0 Å². The van der Waals surface area contributed by atoms with Crippen molar-refractivity contribution in [2.24, 2.45) is 0 Å². The number of halogens is 1. The van der Waals surface area contributed by atoms with Crippen LogP contribution in [-0.4, -0.2) is 17.6 Å². The van der Waals surface area contributed by atoms with Gasteiger partial charge in [-0.15, -0.1) is 0 Å². The zero-order chi connectivity index (χ0) is 17.3. The number of benzene rings is 1. The SMILES string of the molecule is COC(=O)c1ccc(CCn2c(C)c(C3CC3)cc(Cl)c2=O)cc1. The summed E-state index contributed by atoms with van der Waals surface area (Å²) in [4.78, 5) is 23.8. The molecule has 4 nitrogen and oxygen atoms in total. The highest BCUT2D eigenvalue weighted by atomic mass is 35.5. The molecule has 1 aromatic carbocycles. The van der Waals surface area contributed by atoms with Crippen molar-refractivity contribution in [1.82, 2.24) is 4.57 Å². The van der Waals surface area contributed by atoms with Crippen LogP contribution in [0.15, 0.2) is 35.1 Å². The molecule has 3 rings (SSSR count). The highest BCUT2D eigenvalue weighted by Crippen LogP contribution is 2.41. The standard InChI is InChI=1S/C19H20ClNO3/c1-12-16(14-7-8-14)11-17(20)18(22)21(12)10-9-13-3-5-15(6-4-13)19(23)24-2/h3-6,11,14H,7-10H2,1-2H3. The quantitative estimate of drug-likeness (QED) is 0.776. The number of carbonyl (C=O) groups is 1. The molecule has 0 unspecified atom stereocenters. The average molecular weight is 346 g/mol. The fourth-order valence-electron chi connectivity index (χ4n) is 2.98. The third kappa shape index (κ3) is 3.39. The van der Waals surface area contributed by atoms with Gasteiger partial charge in [-0.05, 0) is 61.4 Å². The van der Waals surface area contributed by atoms with E-state index < -0.39 is 0 Å². The van der Waals surface area contributed by atoms with Gasteiger partial charge < -0.3 is 9.30 Å². The third-order valence-electron chi connectivity index (χ3n) is 4.57. The van der Waals surface area contributed by atoms with Gasteiger partial charge in [-0.2, -0.15) is 0 Å². The Bertz CT molecular complexity index is 820. The highest BCUT2D eigenvalue weighted by Gasteiger charge is 2.27. The van der Waals surface area contributed by atoms with E-state index in [1.54, 1.807) is 16.7 Å². The number of carbonyl (C=O) groups excluding carboxylic acids is 1. The van der Waals surface area contributed by atoms with Crippen molar-refractivity contribution in [3.8, 4) is 0 Å². The summed E-state index contributed by atoms with van der Waals surface area (Å²) in [5, 5.41) is 0.295. The lowest BCUT2D eigenvalue weighted by atomic mass is 10.1. The number of hydrogen-bond donors (Lipinski definition) is 0. The minimum absolute atomic E-state index is 0.134. The Morgan fingerprint density at radius 1 is 1.29 bits per heavy atom. The smallest absolute Gasteiger partial charge is 0.337 e. The van der Waals surface area contributed by atoms with Crippen LogP contribution in [0.5, 0.6) is 0 Å². The number of rotatable bonds is 5. The van der Waals surface area contributed by atoms with Gasteiger partial charge in [-0.25, -0.2) is 4.79 Å². The molecule has 0 aliphatic heterocycles. The Labute approximate surface area is 146 Å². The van der Waals surface area contributed by atoms with Crippen LogP contribution in [0.25, 0.3) is 0 Å². The van der Waals surface area contributed by atoms with Gasteiger partial charge in [0, 0.05) is 12.2 Å². The number of hydrogen-bond acceptors (Lipinski definition) is 3. The van der Waals surface area contributed by atoms with E-state index in [0.29, 0.717) is 29.5 Å². The zero-order valence-corrected chi connectivity index (χ0v) is 14.6. The Morgan fingerprint density at radius 2 is 1.96 bits per heavy atom. The van der Waals surface area contributed by atoms with E-state index in [1.807, 2.05) is 25.1 Å². The van der Waals surface area contributed by atoms with Crippen LogP contribution in [0, 0.1) is 6.92 Å². The second-order valence-electron chi connectivity index (χ2n) is 6.20. The highest BCUT2D eigenvalue weighted by molar-refractivity contribution is 6.30. The molecule has 1 aromatic heterocycles. The lowest BCUT2D eigenvalue weighted by Crippen LogP contribution is -2.25. The molecule has 24 heavy (non-hydrogen) atoms. The molecule has 1 aliphatic rings. The van der Waals surface area contributed by atoms with Crippen LogP contribution < -0.4 is 5.56 Å². The number of aromatic nitrogens is 1. The number of nitrogens with zero attached hydrogens (tertiary/aromatic N) is 1. The molecule has 0 spiro atoms. The lowest BCUT2D eigenvalue weighted by Gasteiger charge is -2.15. The van der Waals surface area contributed by atoms with E-state index in [-0.39, 0.29) is 11.5 Å². The van der Waals surface area contributed by atoms with Gasteiger partial charge >= 0.3 is 5.97 Å². The predicted octanol–water partition coefficient (Wildman–Crippen LogP) is 3.72. The number of methoxy groups -OCH3 is 1. The van der Waals surface area contributed by atoms with Gasteiger partial charge in [-0.1, -0.05) is 23.7 Å². The van der Waals surface area contributed by atoms with Crippen molar-refractivity contribution < 1.29 is 9.53 Å². The second-order valence-corrected chi connectivity index (χ2v) is 6.61. The van der Waals surface area contributed by atoms with Crippen molar-refractivity contribution in [2.75, 3.05) is 7.11 Å². The minimum atomic E-state index is -0.350. The van der Waals surface area contributed by atoms with Crippen LogP contribution >= 0.6 is 11.6 Å². The fraction of sp³-hybridized carbons (Fsp3) is 0.368. The molecule has 5 heteroatoms. The maximum Gasteiger partial charge on any atom is 0.337 e. The maximum atomic E-state index is 12.4. The van der Waals surface area contributed by atoms with E-state index in [2.05, 4.69) is 0 Å². The first-order valence-electron chi connectivity index (χ1n) is 8.08. The van der Waals surface area contributed by atoms with Crippen molar-refractivity contribution in [1.29, 1.82) is 0 Å². The van der Waals surface area contributed by atoms with Crippen LogP contribution in [-0.2, 0) is 17.7 Å². The summed E-state index contributed by atoms with van der Waals surface area (Å²) in [6, 6.07) is 9.09. The molecular formula is C19H20ClNO3. The summed E-state index contributed by atoms with van der Waals surface area (Å²) in [5.41, 5.74) is 3.65. The normalized spacial score (nSPS) is 13.8. The number of pyridine rings is 1. The van der Waals surface area contributed by atoms with Crippen molar-refractivity contribution >= 4 is 17.6 Å². The molecular weight excluding hydrogens is 326 g/mol. The Hall–Kier alpha value is -2.07. The Kier molecular flexibility index (Phi) is 4.76. The van der Waals surface area contributed by atoms with Crippen molar-refractivity contribution in [2.45, 2.75) is 38.6 Å². The van der Waals surface area contributed by atoms with E-state index in [4.69, 9.17) is 16.3 Å². The van der Waals surface area contributed by atoms with Gasteiger partial charge in [0.05, 0.1) is 12.7 Å². The van der Waals surface area contributed by atoms with Gasteiger partial charge in [0.2, 0.25) is 0 Å². The van der Waals surface area contributed by atoms with Gasteiger partial charge in [0.25, 0.3) is 5.56 Å². The molecule has 1 fully saturated rings. The van der Waals surface area contributed by atoms with Gasteiger partial charge in [-0.3, -0.25) is 4.79 Å². The van der Waals surface area contributed by atoms with E-state index in [1.165, 1.54) is 25.5 Å². The number of aryl methyl sites for hydroxylation is 1. The Balaban J connectivity index is 1.79. The first kappa shape index (κ1) is 16.8. The van der Waals surface area contributed by atoms with Gasteiger partial charge in [0.1, 0.15) is 5.02 Å². The minimum Gasteiger partial charge on any atom is -0.465 e. The molecule has 0 bridgehead atoms. The summed E-state index contributed by atoms with van der Waals surface area (Å²) in [7, 11) is 1.36. The summed E-state index contributed by atoms with van der Waals surface area (Å²) in [6.07, 6.45) is 3.04. The van der Waals surface area contributed by atoms with Crippen LogP contribution in [0.4, 0.5) is 0 Å².